The monoisotopic (exact) mass is 500 g/mol. The molecule has 7 rings (SSSR count). The fourth-order valence-corrected chi connectivity index (χ4v) is 5.08. The van der Waals surface area contributed by atoms with Gasteiger partial charge in [-0.25, -0.2) is 10.1 Å². The second-order valence-electron chi connectivity index (χ2n) is 9.78. The van der Waals surface area contributed by atoms with Crippen molar-refractivity contribution < 1.29 is 0 Å². The van der Waals surface area contributed by atoms with Gasteiger partial charge in [-0.3, -0.25) is 4.79 Å². The SMILES string of the molecule is Cc1cc(=O)[nH]nc1-c1ccc2c(c1)nc(C1CC1)n2Cc1ccc(-c2ccccc2-c2nn[nH]n2)cc1. The lowest BCUT2D eigenvalue weighted by molar-refractivity contribution is 0.747. The van der Waals surface area contributed by atoms with Crippen molar-refractivity contribution in [1.29, 1.82) is 0 Å². The Morgan fingerprint density at radius 3 is 2.45 bits per heavy atom. The summed E-state index contributed by atoms with van der Waals surface area (Å²) < 4.78 is 2.34. The lowest BCUT2D eigenvalue weighted by atomic mass is 9.98. The summed E-state index contributed by atoms with van der Waals surface area (Å²) in [6.07, 6.45) is 2.34. The average molecular weight is 501 g/mol. The van der Waals surface area contributed by atoms with E-state index in [0.29, 0.717) is 11.7 Å². The van der Waals surface area contributed by atoms with Gasteiger partial charge in [0.25, 0.3) is 5.56 Å². The third-order valence-corrected chi connectivity index (χ3v) is 7.11. The molecule has 1 fully saturated rings. The number of imidazole rings is 1. The lowest BCUT2D eigenvalue weighted by Gasteiger charge is -2.11. The first-order valence-electron chi connectivity index (χ1n) is 12.6. The molecule has 1 aliphatic rings. The Labute approximate surface area is 217 Å². The van der Waals surface area contributed by atoms with Crippen LogP contribution in [0.1, 0.15) is 35.7 Å². The largest absolute Gasteiger partial charge is 0.323 e. The number of hydrogen-bond acceptors (Lipinski definition) is 6. The van der Waals surface area contributed by atoms with Crippen LogP contribution in [-0.2, 0) is 6.54 Å². The van der Waals surface area contributed by atoms with Crippen molar-refractivity contribution in [2.75, 3.05) is 0 Å². The molecule has 0 aliphatic heterocycles. The molecule has 1 aliphatic carbocycles. The molecule has 0 radical (unpaired) electrons. The van der Waals surface area contributed by atoms with Gasteiger partial charge in [0.05, 0.1) is 16.7 Å². The average Bonchev–Trinajstić information content (AvgIpc) is 3.51. The van der Waals surface area contributed by atoms with E-state index in [4.69, 9.17) is 4.98 Å². The summed E-state index contributed by atoms with van der Waals surface area (Å²) in [7, 11) is 0. The van der Waals surface area contributed by atoms with Crippen LogP contribution in [0, 0.1) is 6.92 Å². The standard InChI is InChI=1S/C29H24N8O/c1-17-14-26(38)31-32-27(17)21-12-13-25-24(15-21)30-29(20-10-11-20)37(25)16-18-6-8-19(9-7-18)22-4-2-3-5-23(22)28-33-35-36-34-28/h2-9,12-15,20H,10-11,16H2,1H3,(H,31,38)(H,33,34,35,36). The van der Waals surface area contributed by atoms with Crippen LogP contribution in [0.15, 0.2) is 77.6 Å². The van der Waals surface area contributed by atoms with Crippen molar-refractivity contribution >= 4 is 11.0 Å². The minimum atomic E-state index is -0.197. The van der Waals surface area contributed by atoms with Crippen molar-refractivity contribution in [2.24, 2.45) is 0 Å². The topological polar surface area (TPSA) is 118 Å². The van der Waals surface area contributed by atoms with E-state index in [1.807, 2.05) is 25.1 Å². The van der Waals surface area contributed by atoms with E-state index in [2.05, 4.69) is 83.9 Å². The van der Waals surface area contributed by atoms with Crippen LogP contribution in [0.4, 0.5) is 0 Å². The van der Waals surface area contributed by atoms with Crippen molar-refractivity contribution in [3.05, 3.63) is 100 Å². The summed E-state index contributed by atoms with van der Waals surface area (Å²) in [6, 6.07) is 24.5. The molecule has 1 saturated carbocycles. The molecule has 0 atom stereocenters. The fourth-order valence-electron chi connectivity index (χ4n) is 5.08. The Morgan fingerprint density at radius 2 is 1.71 bits per heavy atom. The Bertz CT molecular complexity index is 1830. The first kappa shape index (κ1) is 22.3. The molecule has 38 heavy (non-hydrogen) atoms. The highest BCUT2D eigenvalue weighted by Crippen LogP contribution is 2.41. The number of rotatable bonds is 6. The van der Waals surface area contributed by atoms with Crippen molar-refractivity contribution in [3.63, 3.8) is 0 Å². The number of H-pyrrole nitrogens is 2. The van der Waals surface area contributed by atoms with Gasteiger partial charge >= 0.3 is 0 Å². The third kappa shape index (κ3) is 3.98. The molecule has 2 N–H and O–H groups in total. The van der Waals surface area contributed by atoms with Gasteiger partial charge in [-0.1, -0.05) is 54.6 Å². The van der Waals surface area contributed by atoms with E-state index in [0.717, 1.165) is 56.9 Å². The highest BCUT2D eigenvalue weighted by atomic mass is 16.1. The van der Waals surface area contributed by atoms with Crippen LogP contribution >= 0.6 is 0 Å². The van der Waals surface area contributed by atoms with Crippen molar-refractivity contribution in [2.45, 2.75) is 32.2 Å². The van der Waals surface area contributed by atoms with Crippen molar-refractivity contribution in [1.82, 2.24) is 40.4 Å². The number of nitrogens with zero attached hydrogens (tertiary/aromatic N) is 6. The number of aromatic nitrogens is 8. The fraction of sp³-hybridized carbons (Fsp3) is 0.172. The van der Waals surface area contributed by atoms with E-state index in [1.165, 1.54) is 18.4 Å². The number of tetrazole rings is 1. The predicted octanol–water partition coefficient (Wildman–Crippen LogP) is 4.87. The summed E-state index contributed by atoms with van der Waals surface area (Å²) in [4.78, 5) is 16.7. The first-order chi connectivity index (χ1) is 18.6. The van der Waals surface area contributed by atoms with E-state index in [1.54, 1.807) is 6.07 Å². The molecule has 6 aromatic rings. The highest BCUT2D eigenvalue weighted by molar-refractivity contribution is 5.83. The molecule has 3 aromatic heterocycles. The van der Waals surface area contributed by atoms with Crippen molar-refractivity contribution in [3.8, 4) is 33.8 Å². The molecule has 0 amide bonds. The molecule has 0 unspecified atom stereocenters. The van der Waals surface area contributed by atoms with E-state index in [9.17, 15) is 4.79 Å². The zero-order valence-corrected chi connectivity index (χ0v) is 20.7. The van der Waals surface area contributed by atoms with E-state index in [-0.39, 0.29) is 5.56 Å². The predicted molar refractivity (Wildman–Crippen MR) is 144 cm³/mol. The first-order valence-corrected chi connectivity index (χ1v) is 12.6. The molecule has 0 spiro atoms. The molecule has 9 nitrogen and oxygen atoms in total. The molecule has 186 valence electrons. The van der Waals surface area contributed by atoms with Gasteiger partial charge in [-0.2, -0.15) is 10.3 Å². The van der Waals surface area contributed by atoms with Crippen LogP contribution in [0.2, 0.25) is 0 Å². The van der Waals surface area contributed by atoms with Gasteiger partial charge in [0.2, 0.25) is 5.82 Å². The zero-order chi connectivity index (χ0) is 25.6. The molecule has 3 heterocycles. The molecule has 0 bridgehead atoms. The molecule has 9 heteroatoms. The second kappa shape index (κ2) is 8.88. The van der Waals surface area contributed by atoms with Crippen LogP contribution in [0.3, 0.4) is 0 Å². The summed E-state index contributed by atoms with van der Waals surface area (Å²) in [6.45, 7) is 2.64. The Kier molecular flexibility index (Phi) is 5.21. The van der Waals surface area contributed by atoms with Gasteiger partial charge in [0.15, 0.2) is 0 Å². The molecule has 0 saturated heterocycles. The summed E-state index contributed by atoms with van der Waals surface area (Å²) >= 11 is 0. The lowest BCUT2D eigenvalue weighted by Crippen LogP contribution is -2.08. The van der Waals surface area contributed by atoms with Gasteiger partial charge < -0.3 is 4.57 Å². The quantitative estimate of drug-likeness (QED) is 0.337. The van der Waals surface area contributed by atoms with E-state index < -0.39 is 0 Å². The van der Waals surface area contributed by atoms with Crippen LogP contribution < -0.4 is 5.56 Å². The normalized spacial score (nSPS) is 13.3. The number of nitrogens with one attached hydrogen (secondary N) is 2. The Morgan fingerprint density at radius 1 is 0.921 bits per heavy atom. The highest BCUT2D eigenvalue weighted by Gasteiger charge is 2.29. The minimum Gasteiger partial charge on any atom is -0.323 e. The van der Waals surface area contributed by atoms with Gasteiger partial charge in [-0.15, -0.1) is 10.2 Å². The third-order valence-electron chi connectivity index (χ3n) is 7.11. The summed E-state index contributed by atoms with van der Waals surface area (Å²) in [5.41, 5.74) is 8.71. The maximum atomic E-state index is 11.6. The van der Waals surface area contributed by atoms with Gasteiger partial charge in [-0.05, 0) is 59.4 Å². The Hall–Kier alpha value is -4.92. The molecular weight excluding hydrogens is 476 g/mol. The maximum Gasteiger partial charge on any atom is 0.264 e. The van der Waals surface area contributed by atoms with Crippen LogP contribution in [0.5, 0.6) is 0 Å². The molecule has 3 aromatic carbocycles. The van der Waals surface area contributed by atoms with Gasteiger partial charge in [0.1, 0.15) is 5.82 Å². The maximum absolute atomic E-state index is 11.6. The minimum absolute atomic E-state index is 0.197. The number of hydrogen-bond donors (Lipinski definition) is 2. The van der Waals surface area contributed by atoms with Crippen LogP contribution in [0.25, 0.3) is 44.8 Å². The summed E-state index contributed by atoms with van der Waals surface area (Å²) in [5.74, 6) is 2.21. The number of benzene rings is 3. The second-order valence-corrected chi connectivity index (χ2v) is 9.78. The Balaban J connectivity index is 1.23. The zero-order valence-electron chi connectivity index (χ0n) is 20.7. The number of aromatic amines is 2. The smallest absolute Gasteiger partial charge is 0.264 e. The van der Waals surface area contributed by atoms with E-state index >= 15 is 0 Å². The molecular formula is C29H24N8O. The summed E-state index contributed by atoms with van der Waals surface area (Å²) in [5, 5.41) is 21.4. The van der Waals surface area contributed by atoms with Crippen LogP contribution in [-0.4, -0.2) is 40.4 Å². The number of aryl methyl sites for hydroxylation is 1. The number of fused-ring (bicyclic) bond motifs is 1. The van der Waals surface area contributed by atoms with Gasteiger partial charge in [0, 0.05) is 29.7 Å².